The molecule has 0 bridgehead atoms. The normalized spacial score (nSPS) is 25.6. The zero-order valence-corrected chi connectivity index (χ0v) is 11.6. The summed E-state index contributed by atoms with van der Waals surface area (Å²) in [5.74, 6) is 0.00979. The topological polar surface area (TPSA) is 20.2 Å². The molecule has 0 aliphatic heterocycles. The summed E-state index contributed by atoms with van der Waals surface area (Å²) in [6.45, 7) is 4.41. The molecule has 0 heterocycles. The van der Waals surface area contributed by atoms with Crippen LogP contribution in [0.1, 0.15) is 51.2 Å². The summed E-state index contributed by atoms with van der Waals surface area (Å²) in [6.07, 6.45) is 2.75. The predicted molar refractivity (Wildman–Crippen MR) is 71.6 cm³/mol. The van der Waals surface area contributed by atoms with E-state index < -0.39 is 17.7 Å². The number of aliphatic hydroxyl groups is 1. The molecule has 3 heteroatoms. The number of rotatable bonds is 3. The maximum Gasteiger partial charge on any atom is 0.131 e. The lowest BCUT2D eigenvalue weighted by atomic mass is 9.74. The van der Waals surface area contributed by atoms with Gasteiger partial charge >= 0.3 is 0 Å². The largest absolute Gasteiger partial charge is 0.388 e. The Morgan fingerprint density at radius 2 is 1.47 bits per heavy atom. The molecule has 1 unspecified atom stereocenters. The summed E-state index contributed by atoms with van der Waals surface area (Å²) in [5.41, 5.74) is -0.157. The zero-order valence-electron chi connectivity index (χ0n) is 11.6. The molecule has 1 aliphatic rings. The maximum absolute atomic E-state index is 13.7. The van der Waals surface area contributed by atoms with E-state index >= 15 is 0 Å². The van der Waals surface area contributed by atoms with Crippen LogP contribution in [0, 0.1) is 29.4 Å². The fourth-order valence-corrected chi connectivity index (χ4v) is 3.16. The van der Waals surface area contributed by atoms with Crippen LogP contribution in [0.15, 0.2) is 18.2 Å². The molecule has 0 aromatic heterocycles. The number of hydrogen-bond acceptors (Lipinski definition) is 1. The van der Waals surface area contributed by atoms with Crippen molar-refractivity contribution in [3.05, 3.63) is 35.4 Å². The molecule has 1 aromatic carbocycles. The minimum atomic E-state index is -1.02. The van der Waals surface area contributed by atoms with Crippen molar-refractivity contribution in [2.75, 3.05) is 0 Å². The van der Waals surface area contributed by atoms with Crippen LogP contribution in [0.2, 0.25) is 0 Å². The van der Waals surface area contributed by atoms with Gasteiger partial charge in [0.15, 0.2) is 0 Å². The van der Waals surface area contributed by atoms with Crippen molar-refractivity contribution in [2.45, 2.75) is 45.6 Å². The standard InChI is InChI=1S/C16H22F2O/c1-10(2)11-6-8-12(9-7-11)16(19)15-13(17)4-3-5-14(15)18/h3-5,10-12,16,19H,6-9H2,1-2H3. The van der Waals surface area contributed by atoms with Gasteiger partial charge in [-0.05, 0) is 55.6 Å². The summed E-state index contributed by atoms with van der Waals surface area (Å²) in [6, 6.07) is 3.75. The molecule has 1 saturated carbocycles. The van der Waals surface area contributed by atoms with Crippen LogP contribution in [-0.2, 0) is 0 Å². The Morgan fingerprint density at radius 1 is 1.00 bits per heavy atom. The molecule has 2 rings (SSSR count). The highest BCUT2D eigenvalue weighted by Crippen LogP contribution is 2.40. The molecule has 0 saturated heterocycles. The number of aliphatic hydroxyl groups excluding tert-OH is 1. The Morgan fingerprint density at radius 3 is 1.95 bits per heavy atom. The molecule has 1 N–H and O–H groups in total. The quantitative estimate of drug-likeness (QED) is 0.858. The highest BCUT2D eigenvalue weighted by molar-refractivity contribution is 5.22. The Kier molecular flexibility index (Phi) is 4.56. The van der Waals surface area contributed by atoms with E-state index in [9.17, 15) is 13.9 Å². The van der Waals surface area contributed by atoms with Crippen LogP contribution in [0.3, 0.4) is 0 Å². The monoisotopic (exact) mass is 268 g/mol. The van der Waals surface area contributed by atoms with Gasteiger partial charge in [0.25, 0.3) is 0 Å². The van der Waals surface area contributed by atoms with Crippen molar-refractivity contribution in [3.63, 3.8) is 0 Å². The van der Waals surface area contributed by atoms with Crippen LogP contribution >= 0.6 is 0 Å². The van der Waals surface area contributed by atoms with Crippen molar-refractivity contribution in [1.29, 1.82) is 0 Å². The van der Waals surface area contributed by atoms with Crippen LogP contribution in [0.25, 0.3) is 0 Å². The maximum atomic E-state index is 13.7. The lowest BCUT2D eigenvalue weighted by molar-refractivity contribution is 0.0612. The minimum Gasteiger partial charge on any atom is -0.388 e. The van der Waals surface area contributed by atoms with E-state index in [0.717, 1.165) is 25.7 Å². The van der Waals surface area contributed by atoms with Crippen LogP contribution in [-0.4, -0.2) is 5.11 Å². The van der Waals surface area contributed by atoms with Gasteiger partial charge in [-0.25, -0.2) is 8.78 Å². The number of hydrogen-bond donors (Lipinski definition) is 1. The van der Waals surface area contributed by atoms with Gasteiger partial charge in [0, 0.05) is 0 Å². The molecule has 0 radical (unpaired) electrons. The van der Waals surface area contributed by atoms with E-state index in [1.807, 2.05) is 0 Å². The average Bonchev–Trinajstić information content (AvgIpc) is 2.38. The van der Waals surface area contributed by atoms with Crippen molar-refractivity contribution in [2.24, 2.45) is 17.8 Å². The summed E-state index contributed by atoms with van der Waals surface area (Å²) < 4.78 is 27.3. The third-order valence-corrected chi connectivity index (χ3v) is 4.50. The zero-order chi connectivity index (χ0) is 14.0. The second-order valence-electron chi connectivity index (χ2n) is 6.00. The first kappa shape index (κ1) is 14.4. The molecule has 1 aromatic rings. The SMILES string of the molecule is CC(C)C1CCC(C(O)c2c(F)cccc2F)CC1. The number of benzene rings is 1. The van der Waals surface area contributed by atoms with Gasteiger partial charge in [0.2, 0.25) is 0 Å². The first-order valence-electron chi connectivity index (χ1n) is 7.12. The first-order valence-corrected chi connectivity index (χ1v) is 7.12. The fourth-order valence-electron chi connectivity index (χ4n) is 3.16. The van der Waals surface area contributed by atoms with Crippen molar-refractivity contribution in [1.82, 2.24) is 0 Å². The van der Waals surface area contributed by atoms with E-state index in [2.05, 4.69) is 13.8 Å². The minimum absolute atomic E-state index is 0.0265. The van der Waals surface area contributed by atoms with Gasteiger partial charge in [0.1, 0.15) is 11.6 Å². The molecular formula is C16H22F2O. The predicted octanol–water partition coefficient (Wildman–Crippen LogP) is 4.46. The Bertz CT molecular complexity index is 403. The van der Waals surface area contributed by atoms with Crippen molar-refractivity contribution < 1.29 is 13.9 Å². The summed E-state index contributed by atoms with van der Waals surface area (Å²) in [5, 5.41) is 10.3. The summed E-state index contributed by atoms with van der Waals surface area (Å²) in [7, 11) is 0. The van der Waals surface area contributed by atoms with Crippen LogP contribution in [0.4, 0.5) is 8.78 Å². The Hall–Kier alpha value is -0.960. The van der Waals surface area contributed by atoms with E-state index in [0.29, 0.717) is 11.8 Å². The lowest BCUT2D eigenvalue weighted by Gasteiger charge is -2.33. The molecule has 1 fully saturated rings. The van der Waals surface area contributed by atoms with E-state index in [1.165, 1.54) is 18.2 Å². The highest BCUT2D eigenvalue weighted by Gasteiger charge is 2.31. The third-order valence-electron chi connectivity index (χ3n) is 4.50. The first-order chi connectivity index (χ1) is 9.00. The molecule has 1 aliphatic carbocycles. The third kappa shape index (κ3) is 3.14. The number of halogens is 2. The molecule has 0 spiro atoms. The van der Waals surface area contributed by atoms with Gasteiger partial charge in [0.05, 0.1) is 11.7 Å². The molecule has 0 amide bonds. The van der Waals surface area contributed by atoms with E-state index in [4.69, 9.17) is 0 Å². The second-order valence-corrected chi connectivity index (χ2v) is 6.00. The fraction of sp³-hybridized carbons (Fsp3) is 0.625. The van der Waals surface area contributed by atoms with E-state index in [-0.39, 0.29) is 11.5 Å². The highest BCUT2D eigenvalue weighted by atomic mass is 19.1. The van der Waals surface area contributed by atoms with Gasteiger partial charge in [-0.2, -0.15) is 0 Å². The van der Waals surface area contributed by atoms with Gasteiger partial charge in [-0.1, -0.05) is 19.9 Å². The second kappa shape index (κ2) is 6.00. The molecular weight excluding hydrogens is 246 g/mol. The smallest absolute Gasteiger partial charge is 0.131 e. The van der Waals surface area contributed by atoms with Crippen LogP contribution in [0.5, 0.6) is 0 Å². The molecule has 1 nitrogen and oxygen atoms in total. The molecule has 1 atom stereocenters. The Labute approximate surface area is 113 Å². The Balaban J connectivity index is 2.07. The van der Waals surface area contributed by atoms with Gasteiger partial charge in [-0.3, -0.25) is 0 Å². The van der Waals surface area contributed by atoms with Gasteiger partial charge < -0.3 is 5.11 Å². The average molecular weight is 268 g/mol. The van der Waals surface area contributed by atoms with Crippen molar-refractivity contribution in [3.8, 4) is 0 Å². The van der Waals surface area contributed by atoms with Crippen LogP contribution < -0.4 is 0 Å². The van der Waals surface area contributed by atoms with Crippen molar-refractivity contribution >= 4 is 0 Å². The lowest BCUT2D eigenvalue weighted by Crippen LogP contribution is -2.24. The summed E-state index contributed by atoms with van der Waals surface area (Å²) in [4.78, 5) is 0. The van der Waals surface area contributed by atoms with Gasteiger partial charge in [-0.15, -0.1) is 0 Å². The summed E-state index contributed by atoms with van der Waals surface area (Å²) >= 11 is 0. The van der Waals surface area contributed by atoms with E-state index in [1.54, 1.807) is 0 Å². The molecule has 106 valence electrons. The molecule has 19 heavy (non-hydrogen) atoms.